The average Bonchev–Trinajstić information content (AvgIpc) is 2.04. The summed E-state index contributed by atoms with van der Waals surface area (Å²) in [5.74, 6) is 0.328. The number of thioether (sulfide) groups is 1. The molecule has 0 heterocycles. The van der Waals surface area contributed by atoms with Gasteiger partial charge in [0.1, 0.15) is 0 Å². The van der Waals surface area contributed by atoms with Gasteiger partial charge >= 0.3 is 5.97 Å². The summed E-state index contributed by atoms with van der Waals surface area (Å²) in [7, 11) is 0. The Kier molecular flexibility index (Phi) is 6.68. The maximum atomic E-state index is 11.1. The normalized spacial score (nSPS) is 10.2. The molecule has 0 aliphatic carbocycles. The van der Waals surface area contributed by atoms with Gasteiger partial charge in [0.25, 0.3) is 0 Å². The lowest BCUT2D eigenvalue weighted by Gasteiger charge is -2.03. The minimum absolute atomic E-state index is 0.0344. The molecule has 0 aromatic heterocycles. The van der Waals surface area contributed by atoms with E-state index in [-0.39, 0.29) is 17.0 Å². The number of carbonyl (C=O) groups excluding carboxylic acids is 2. The zero-order chi connectivity index (χ0) is 10.3. The first-order chi connectivity index (χ1) is 6.07. The van der Waals surface area contributed by atoms with Gasteiger partial charge in [-0.05, 0) is 6.92 Å². The topological polar surface area (TPSA) is 43.4 Å². The van der Waals surface area contributed by atoms with Crippen molar-refractivity contribution in [1.29, 1.82) is 0 Å². The van der Waals surface area contributed by atoms with E-state index in [4.69, 9.17) is 4.74 Å². The van der Waals surface area contributed by atoms with Crippen LogP contribution in [0.2, 0.25) is 0 Å². The molecule has 0 saturated carbocycles. The summed E-state index contributed by atoms with van der Waals surface area (Å²) in [6.45, 7) is 5.87. The summed E-state index contributed by atoms with van der Waals surface area (Å²) in [5, 5.41) is 0.129. The fourth-order valence-electron chi connectivity index (χ4n) is 0.635. The van der Waals surface area contributed by atoms with Crippen molar-refractivity contribution in [3.63, 3.8) is 0 Å². The molecule has 0 unspecified atom stereocenters. The van der Waals surface area contributed by atoms with Crippen LogP contribution in [0.15, 0.2) is 0 Å². The summed E-state index contributed by atoms with van der Waals surface area (Å²) in [6, 6.07) is 0. The van der Waals surface area contributed by atoms with Crippen molar-refractivity contribution in [2.45, 2.75) is 27.2 Å². The van der Waals surface area contributed by atoms with Gasteiger partial charge < -0.3 is 4.74 Å². The van der Waals surface area contributed by atoms with Crippen LogP contribution in [-0.4, -0.2) is 23.4 Å². The Labute approximate surface area is 83.2 Å². The third kappa shape index (κ3) is 6.63. The summed E-state index contributed by atoms with van der Waals surface area (Å²) in [4.78, 5) is 21.9. The minimum Gasteiger partial charge on any atom is -0.466 e. The monoisotopic (exact) mass is 204 g/mol. The van der Waals surface area contributed by atoms with E-state index in [0.29, 0.717) is 18.8 Å². The van der Waals surface area contributed by atoms with Crippen LogP contribution < -0.4 is 0 Å². The summed E-state index contributed by atoms with van der Waals surface area (Å²) in [5.41, 5.74) is 0. The first-order valence-electron chi connectivity index (χ1n) is 4.40. The highest BCUT2D eigenvalue weighted by Gasteiger charge is 2.09. The molecule has 0 rings (SSSR count). The largest absolute Gasteiger partial charge is 0.466 e. The predicted molar refractivity (Wildman–Crippen MR) is 53.6 cm³/mol. The number of hydrogen-bond donors (Lipinski definition) is 0. The minimum atomic E-state index is -0.230. The predicted octanol–water partition coefficient (Wildman–Crippen LogP) is 1.86. The molecule has 0 amide bonds. The smallest absolute Gasteiger partial charge is 0.306 e. The van der Waals surface area contributed by atoms with Crippen molar-refractivity contribution in [3.8, 4) is 0 Å². The van der Waals surface area contributed by atoms with E-state index in [9.17, 15) is 9.59 Å². The number of carbonyl (C=O) groups is 2. The molecule has 0 aliphatic rings. The molecule has 0 atom stereocenters. The quantitative estimate of drug-likeness (QED) is 0.641. The van der Waals surface area contributed by atoms with Crippen LogP contribution >= 0.6 is 11.8 Å². The van der Waals surface area contributed by atoms with E-state index in [1.54, 1.807) is 6.92 Å². The van der Waals surface area contributed by atoms with Gasteiger partial charge in [-0.1, -0.05) is 25.6 Å². The van der Waals surface area contributed by atoms with E-state index < -0.39 is 0 Å². The fourth-order valence-corrected chi connectivity index (χ4v) is 1.44. The lowest BCUT2D eigenvalue weighted by molar-refractivity contribution is -0.142. The Morgan fingerprint density at radius 2 is 2.00 bits per heavy atom. The maximum Gasteiger partial charge on any atom is 0.306 e. The molecule has 0 fully saturated rings. The Bertz CT molecular complexity index is 178. The van der Waals surface area contributed by atoms with E-state index >= 15 is 0 Å². The summed E-state index contributed by atoms with van der Waals surface area (Å²) >= 11 is 1.20. The van der Waals surface area contributed by atoms with Gasteiger partial charge in [0.05, 0.1) is 13.0 Å². The maximum absolute atomic E-state index is 11.1. The Hall–Kier alpha value is -0.510. The molecule has 0 bridgehead atoms. The highest BCUT2D eigenvalue weighted by atomic mass is 32.2. The van der Waals surface area contributed by atoms with Gasteiger partial charge in [-0.25, -0.2) is 0 Å². The molecule has 0 radical (unpaired) electrons. The molecule has 4 heteroatoms. The van der Waals surface area contributed by atoms with Crippen molar-refractivity contribution in [2.24, 2.45) is 5.92 Å². The van der Waals surface area contributed by atoms with Crippen LogP contribution in [-0.2, 0) is 14.3 Å². The molecule has 0 spiro atoms. The van der Waals surface area contributed by atoms with Crippen LogP contribution in [0.3, 0.4) is 0 Å². The van der Waals surface area contributed by atoms with Crippen LogP contribution in [0.25, 0.3) is 0 Å². The third-order valence-electron chi connectivity index (χ3n) is 1.33. The van der Waals surface area contributed by atoms with Crippen LogP contribution in [0, 0.1) is 5.92 Å². The van der Waals surface area contributed by atoms with Crippen molar-refractivity contribution < 1.29 is 14.3 Å². The first kappa shape index (κ1) is 12.5. The molecule has 13 heavy (non-hydrogen) atoms. The van der Waals surface area contributed by atoms with Gasteiger partial charge in [-0.3, -0.25) is 9.59 Å². The lowest BCUT2D eigenvalue weighted by Crippen LogP contribution is -2.07. The van der Waals surface area contributed by atoms with Crippen molar-refractivity contribution in [1.82, 2.24) is 0 Å². The number of esters is 1. The van der Waals surface area contributed by atoms with Crippen LogP contribution in [0.5, 0.6) is 0 Å². The summed E-state index contributed by atoms with van der Waals surface area (Å²) in [6.07, 6.45) is 0.316. The van der Waals surface area contributed by atoms with E-state index in [2.05, 4.69) is 0 Å². The molecule has 0 aromatic carbocycles. The van der Waals surface area contributed by atoms with Crippen molar-refractivity contribution >= 4 is 22.8 Å². The highest BCUT2D eigenvalue weighted by molar-refractivity contribution is 8.13. The van der Waals surface area contributed by atoms with E-state index in [1.165, 1.54) is 11.8 Å². The zero-order valence-electron chi connectivity index (χ0n) is 8.33. The van der Waals surface area contributed by atoms with E-state index in [0.717, 1.165) is 0 Å². The number of hydrogen-bond acceptors (Lipinski definition) is 4. The number of ether oxygens (including phenoxy) is 1. The van der Waals surface area contributed by atoms with Gasteiger partial charge in [0.15, 0.2) is 5.12 Å². The van der Waals surface area contributed by atoms with E-state index in [1.807, 2.05) is 13.8 Å². The Morgan fingerprint density at radius 3 is 2.46 bits per heavy atom. The second kappa shape index (κ2) is 6.95. The van der Waals surface area contributed by atoms with Gasteiger partial charge in [0, 0.05) is 11.7 Å². The molecule has 0 saturated heterocycles. The SMILES string of the molecule is CCOC(=O)CCSC(=O)C(C)C. The second-order valence-corrected chi connectivity index (χ2v) is 3.98. The molecular formula is C9H16O3S. The molecule has 76 valence electrons. The van der Waals surface area contributed by atoms with Crippen molar-refractivity contribution in [2.75, 3.05) is 12.4 Å². The zero-order valence-corrected chi connectivity index (χ0v) is 9.15. The molecule has 0 N–H and O–H groups in total. The molecule has 3 nitrogen and oxygen atoms in total. The molecule has 0 aromatic rings. The Balaban J connectivity index is 3.45. The second-order valence-electron chi connectivity index (χ2n) is 2.88. The first-order valence-corrected chi connectivity index (χ1v) is 5.38. The molecule has 0 aliphatic heterocycles. The standard InChI is InChI=1S/C9H16O3S/c1-4-12-8(10)5-6-13-9(11)7(2)3/h7H,4-6H2,1-3H3. The van der Waals surface area contributed by atoms with Crippen molar-refractivity contribution in [3.05, 3.63) is 0 Å². The average molecular weight is 204 g/mol. The van der Waals surface area contributed by atoms with Gasteiger partial charge in [0.2, 0.25) is 0 Å². The van der Waals surface area contributed by atoms with Crippen LogP contribution in [0.4, 0.5) is 0 Å². The van der Waals surface area contributed by atoms with Crippen LogP contribution in [0.1, 0.15) is 27.2 Å². The Morgan fingerprint density at radius 1 is 1.38 bits per heavy atom. The lowest BCUT2D eigenvalue weighted by atomic mass is 10.3. The molecular weight excluding hydrogens is 188 g/mol. The highest BCUT2D eigenvalue weighted by Crippen LogP contribution is 2.11. The fraction of sp³-hybridized carbons (Fsp3) is 0.778. The van der Waals surface area contributed by atoms with Gasteiger partial charge in [-0.15, -0.1) is 0 Å². The number of rotatable bonds is 5. The summed E-state index contributed by atoms with van der Waals surface area (Å²) < 4.78 is 4.72. The van der Waals surface area contributed by atoms with Gasteiger partial charge in [-0.2, -0.15) is 0 Å². The third-order valence-corrected chi connectivity index (χ3v) is 2.49.